The number of aliphatic hydroxyl groups is 1. The monoisotopic (exact) mass is 335 g/mol. The molecule has 0 radical (unpaired) electrons. The number of hydrogen-bond donors (Lipinski definition) is 2. The third-order valence-electron chi connectivity index (χ3n) is 2.96. The van der Waals surface area contributed by atoms with Crippen molar-refractivity contribution in [1.29, 1.82) is 0 Å². The number of ether oxygens (including phenoxy) is 1. The van der Waals surface area contributed by atoms with Gasteiger partial charge in [0.15, 0.2) is 0 Å². The lowest BCUT2D eigenvalue weighted by Crippen LogP contribution is -2.12. The van der Waals surface area contributed by atoms with Crippen LogP contribution in [0.15, 0.2) is 46.9 Å². The van der Waals surface area contributed by atoms with E-state index in [1.54, 1.807) is 0 Å². The van der Waals surface area contributed by atoms with Gasteiger partial charge < -0.3 is 15.2 Å². The summed E-state index contributed by atoms with van der Waals surface area (Å²) in [6, 6.07) is 13.4. The van der Waals surface area contributed by atoms with Crippen LogP contribution in [0.3, 0.4) is 0 Å². The Morgan fingerprint density at radius 3 is 2.65 bits per heavy atom. The molecule has 0 aliphatic rings. The molecular weight excluding hydrogens is 318 g/mol. The summed E-state index contributed by atoms with van der Waals surface area (Å²) in [5.41, 5.74) is 1.97. The molecule has 0 aliphatic carbocycles. The molecule has 2 rings (SSSR count). The molecular formula is C16H18BrNO2. The second-order valence-electron chi connectivity index (χ2n) is 4.40. The Labute approximate surface area is 127 Å². The van der Waals surface area contributed by atoms with E-state index in [-0.39, 0.29) is 6.61 Å². The van der Waals surface area contributed by atoms with E-state index in [2.05, 4.69) is 28.2 Å². The summed E-state index contributed by atoms with van der Waals surface area (Å²) < 4.78 is 6.84. The lowest BCUT2D eigenvalue weighted by molar-refractivity contribution is 0.276. The number of rotatable bonds is 6. The Bertz CT molecular complexity index is 572. The molecule has 0 heterocycles. The Balaban J connectivity index is 2.16. The Kier molecular flexibility index (Phi) is 5.59. The van der Waals surface area contributed by atoms with Gasteiger partial charge in [0, 0.05) is 16.6 Å². The van der Waals surface area contributed by atoms with Crippen LogP contribution in [0.2, 0.25) is 0 Å². The summed E-state index contributed by atoms with van der Waals surface area (Å²) in [5.74, 6) is 1.43. The fraction of sp³-hybridized carbons (Fsp3) is 0.250. The predicted octanol–water partition coefficient (Wildman–Crippen LogP) is 3.84. The lowest BCUT2D eigenvalue weighted by atomic mass is 10.2. The van der Waals surface area contributed by atoms with Gasteiger partial charge in [-0.05, 0) is 30.3 Å². The number of aliphatic hydroxyl groups excluding tert-OH is 1. The number of hydrogen-bond acceptors (Lipinski definition) is 3. The molecule has 0 unspecified atom stereocenters. The second-order valence-corrected chi connectivity index (χ2v) is 5.26. The Morgan fingerprint density at radius 2 is 1.95 bits per heavy atom. The molecule has 0 aliphatic heterocycles. The van der Waals surface area contributed by atoms with Crippen molar-refractivity contribution < 1.29 is 9.84 Å². The van der Waals surface area contributed by atoms with Crippen LogP contribution >= 0.6 is 15.9 Å². The predicted molar refractivity (Wildman–Crippen MR) is 84.0 cm³/mol. The molecule has 0 fully saturated rings. The van der Waals surface area contributed by atoms with Crippen molar-refractivity contribution in [1.82, 2.24) is 5.32 Å². The first-order valence-corrected chi connectivity index (χ1v) is 7.39. The van der Waals surface area contributed by atoms with Gasteiger partial charge in [-0.3, -0.25) is 0 Å². The van der Waals surface area contributed by atoms with Crippen molar-refractivity contribution in [2.75, 3.05) is 6.54 Å². The van der Waals surface area contributed by atoms with Gasteiger partial charge in [0.05, 0.1) is 6.61 Å². The molecule has 0 amide bonds. The highest BCUT2D eigenvalue weighted by atomic mass is 79.9. The van der Waals surface area contributed by atoms with Gasteiger partial charge in [-0.2, -0.15) is 0 Å². The van der Waals surface area contributed by atoms with Gasteiger partial charge in [0.25, 0.3) is 0 Å². The topological polar surface area (TPSA) is 41.5 Å². The Morgan fingerprint density at radius 1 is 1.15 bits per heavy atom. The molecule has 0 saturated heterocycles. The van der Waals surface area contributed by atoms with Gasteiger partial charge in [-0.25, -0.2) is 0 Å². The molecule has 0 saturated carbocycles. The van der Waals surface area contributed by atoms with Gasteiger partial charge in [0.1, 0.15) is 11.5 Å². The zero-order valence-electron chi connectivity index (χ0n) is 11.4. The van der Waals surface area contributed by atoms with Gasteiger partial charge in [-0.1, -0.05) is 47.1 Å². The molecule has 4 heteroatoms. The smallest absolute Gasteiger partial charge is 0.132 e. The van der Waals surface area contributed by atoms with Crippen LogP contribution in [0, 0.1) is 0 Å². The fourth-order valence-corrected chi connectivity index (χ4v) is 2.35. The third-order valence-corrected chi connectivity index (χ3v) is 3.70. The second kappa shape index (κ2) is 7.43. The van der Waals surface area contributed by atoms with E-state index in [9.17, 15) is 5.11 Å². The summed E-state index contributed by atoms with van der Waals surface area (Å²) in [6.45, 7) is 3.81. The maximum Gasteiger partial charge on any atom is 0.132 e. The van der Waals surface area contributed by atoms with Crippen molar-refractivity contribution in [2.45, 2.75) is 20.1 Å². The minimum atomic E-state index is -0.0319. The van der Waals surface area contributed by atoms with E-state index in [0.717, 1.165) is 28.9 Å². The largest absolute Gasteiger partial charge is 0.457 e. The Hall–Kier alpha value is -1.36. The van der Waals surface area contributed by atoms with Gasteiger partial charge in [0.2, 0.25) is 0 Å². The van der Waals surface area contributed by atoms with E-state index in [1.807, 2.05) is 42.5 Å². The van der Waals surface area contributed by atoms with Crippen LogP contribution in [-0.4, -0.2) is 11.7 Å². The molecule has 0 aromatic heterocycles. The summed E-state index contributed by atoms with van der Waals surface area (Å²) >= 11 is 3.56. The summed E-state index contributed by atoms with van der Waals surface area (Å²) in [7, 11) is 0. The van der Waals surface area contributed by atoms with Crippen LogP contribution in [-0.2, 0) is 13.2 Å². The van der Waals surface area contributed by atoms with E-state index in [1.165, 1.54) is 5.56 Å². The number of nitrogens with one attached hydrogen (secondary N) is 1. The first-order chi connectivity index (χ1) is 9.74. The first-order valence-electron chi connectivity index (χ1n) is 6.60. The maximum atomic E-state index is 9.29. The van der Waals surface area contributed by atoms with Crippen LogP contribution in [0.4, 0.5) is 0 Å². The normalized spacial score (nSPS) is 10.6. The molecule has 2 N–H and O–H groups in total. The van der Waals surface area contributed by atoms with E-state index in [4.69, 9.17) is 4.74 Å². The highest BCUT2D eigenvalue weighted by molar-refractivity contribution is 9.10. The minimum absolute atomic E-state index is 0.0319. The van der Waals surface area contributed by atoms with Crippen molar-refractivity contribution in [3.8, 4) is 11.5 Å². The van der Waals surface area contributed by atoms with E-state index >= 15 is 0 Å². The van der Waals surface area contributed by atoms with Crippen LogP contribution < -0.4 is 10.1 Å². The molecule has 0 bridgehead atoms. The van der Waals surface area contributed by atoms with Crippen molar-refractivity contribution in [3.05, 3.63) is 58.1 Å². The van der Waals surface area contributed by atoms with Crippen LogP contribution in [0.5, 0.6) is 11.5 Å². The lowest BCUT2D eigenvalue weighted by Gasteiger charge is -2.11. The molecule has 20 heavy (non-hydrogen) atoms. The van der Waals surface area contributed by atoms with Crippen LogP contribution in [0.1, 0.15) is 18.1 Å². The van der Waals surface area contributed by atoms with E-state index in [0.29, 0.717) is 5.75 Å². The number of benzene rings is 2. The standard InChI is InChI=1S/C16H18BrNO2/c1-2-18-10-12-7-8-14(9-15(12)17)20-16-6-4-3-5-13(16)11-19/h3-9,18-19H,2,10-11H2,1H3. The van der Waals surface area contributed by atoms with Gasteiger partial charge in [-0.15, -0.1) is 0 Å². The third kappa shape index (κ3) is 3.82. The molecule has 2 aromatic carbocycles. The molecule has 3 nitrogen and oxygen atoms in total. The quantitative estimate of drug-likeness (QED) is 0.842. The van der Waals surface area contributed by atoms with Crippen molar-refractivity contribution >= 4 is 15.9 Å². The SMILES string of the molecule is CCNCc1ccc(Oc2ccccc2CO)cc1Br. The highest BCUT2D eigenvalue weighted by Gasteiger charge is 2.06. The molecule has 2 aromatic rings. The summed E-state index contributed by atoms with van der Waals surface area (Å²) in [5, 5.41) is 12.6. The zero-order chi connectivity index (χ0) is 14.4. The highest BCUT2D eigenvalue weighted by Crippen LogP contribution is 2.29. The van der Waals surface area contributed by atoms with Crippen molar-refractivity contribution in [3.63, 3.8) is 0 Å². The summed E-state index contributed by atoms with van der Waals surface area (Å²) in [6.07, 6.45) is 0. The average molecular weight is 336 g/mol. The minimum Gasteiger partial charge on any atom is -0.457 e. The first kappa shape index (κ1) is 15.0. The number of para-hydroxylation sites is 1. The van der Waals surface area contributed by atoms with Gasteiger partial charge >= 0.3 is 0 Å². The molecule has 0 spiro atoms. The molecule has 106 valence electrons. The zero-order valence-corrected chi connectivity index (χ0v) is 13.0. The maximum absolute atomic E-state index is 9.29. The van der Waals surface area contributed by atoms with Crippen molar-refractivity contribution in [2.24, 2.45) is 0 Å². The van der Waals surface area contributed by atoms with Crippen LogP contribution in [0.25, 0.3) is 0 Å². The molecule has 0 atom stereocenters. The van der Waals surface area contributed by atoms with E-state index < -0.39 is 0 Å². The summed E-state index contributed by atoms with van der Waals surface area (Å²) in [4.78, 5) is 0. The fourth-order valence-electron chi connectivity index (χ4n) is 1.86. The average Bonchev–Trinajstić information content (AvgIpc) is 2.47. The number of halogens is 1.